The minimum Gasteiger partial charge on any atom is -0.309 e. The number of carbonyl (C=O) groups is 1. The van der Waals surface area contributed by atoms with Crippen molar-refractivity contribution in [2.75, 3.05) is 20.6 Å². The lowest BCUT2D eigenvalue weighted by atomic mass is 9.89. The number of aryl methyl sites for hydroxylation is 2. The van der Waals surface area contributed by atoms with Crippen LogP contribution in [0.25, 0.3) is 0 Å². The van der Waals surface area contributed by atoms with Gasteiger partial charge in [0.1, 0.15) is 0 Å². The maximum absolute atomic E-state index is 12.0. The molecule has 1 aliphatic carbocycles. The standard InChI is InChI=1S/C15H21NO/c1-16(2)10-9-15(17)14-8-7-12-5-3-4-6-13(12)11-14/h7-8,11H,3-6,9-10H2,1-2H3. The van der Waals surface area contributed by atoms with Crippen LogP contribution >= 0.6 is 0 Å². The van der Waals surface area contributed by atoms with Crippen molar-refractivity contribution in [3.8, 4) is 0 Å². The Labute approximate surface area is 104 Å². The maximum atomic E-state index is 12.0. The number of Topliss-reactive ketones (excluding diaryl/α,β-unsaturated/α-hetero) is 1. The van der Waals surface area contributed by atoms with Gasteiger partial charge in [0.2, 0.25) is 0 Å². The quantitative estimate of drug-likeness (QED) is 0.743. The van der Waals surface area contributed by atoms with Gasteiger partial charge < -0.3 is 4.90 Å². The average molecular weight is 231 g/mol. The summed E-state index contributed by atoms with van der Waals surface area (Å²) >= 11 is 0. The number of nitrogens with zero attached hydrogens (tertiary/aromatic N) is 1. The van der Waals surface area contributed by atoms with Gasteiger partial charge in [-0.1, -0.05) is 12.1 Å². The highest BCUT2D eigenvalue weighted by molar-refractivity contribution is 5.96. The molecule has 0 aliphatic heterocycles. The largest absolute Gasteiger partial charge is 0.309 e. The molecule has 1 aromatic carbocycles. The number of hydrogen-bond donors (Lipinski definition) is 0. The van der Waals surface area contributed by atoms with E-state index < -0.39 is 0 Å². The second kappa shape index (κ2) is 5.46. The minimum atomic E-state index is 0.270. The van der Waals surface area contributed by atoms with E-state index in [2.05, 4.69) is 17.0 Å². The van der Waals surface area contributed by atoms with Crippen LogP contribution in [-0.2, 0) is 12.8 Å². The predicted octanol–water partition coefficient (Wildman–Crippen LogP) is 2.70. The number of fused-ring (bicyclic) bond motifs is 1. The third kappa shape index (κ3) is 3.16. The molecule has 0 atom stereocenters. The molecule has 0 N–H and O–H groups in total. The van der Waals surface area contributed by atoms with Crippen LogP contribution in [0, 0.1) is 0 Å². The van der Waals surface area contributed by atoms with Gasteiger partial charge >= 0.3 is 0 Å². The van der Waals surface area contributed by atoms with Crippen LogP contribution in [0.5, 0.6) is 0 Å². The van der Waals surface area contributed by atoms with E-state index in [1.807, 2.05) is 20.2 Å². The first kappa shape index (κ1) is 12.3. The zero-order valence-electron chi connectivity index (χ0n) is 10.8. The van der Waals surface area contributed by atoms with Gasteiger partial charge in [0.25, 0.3) is 0 Å². The highest BCUT2D eigenvalue weighted by Gasteiger charge is 2.12. The van der Waals surface area contributed by atoms with E-state index >= 15 is 0 Å². The molecular weight excluding hydrogens is 210 g/mol. The van der Waals surface area contributed by atoms with Crippen LogP contribution in [0.2, 0.25) is 0 Å². The first-order valence-corrected chi connectivity index (χ1v) is 6.46. The summed E-state index contributed by atoms with van der Waals surface area (Å²) in [7, 11) is 4.00. The first-order valence-electron chi connectivity index (χ1n) is 6.46. The summed E-state index contributed by atoms with van der Waals surface area (Å²) in [6.45, 7) is 0.829. The summed E-state index contributed by atoms with van der Waals surface area (Å²) in [6, 6.07) is 6.27. The van der Waals surface area contributed by atoms with Gasteiger partial charge in [-0.05, 0) is 57.0 Å². The van der Waals surface area contributed by atoms with Crippen molar-refractivity contribution in [1.29, 1.82) is 0 Å². The zero-order valence-corrected chi connectivity index (χ0v) is 10.8. The number of rotatable bonds is 4. The van der Waals surface area contributed by atoms with Gasteiger partial charge in [-0.3, -0.25) is 4.79 Å². The van der Waals surface area contributed by atoms with Gasteiger partial charge in [0.15, 0.2) is 5.78 Å². The summed E-state index contributed by atoms with van der Waals surface area (Å²) in [6.07, 6.45) is 5.50. The average Bonchev–Trinajstić information content (AvgIpc) is 2.35. The summed E-state index contributed by atoms with van der Waals surface area (Å²) in [4.78, 5) is 14.1. The van der Waals surface area contributed by atoms with E-state index in [0.29, 0.717) is 6.42 Å². The molecule has 2 nitrogen and oxygen atoms in total. The Balaban J connectivity index is 2.08. The molecule has 0 radical (unpaired) electrons. The molecular formula is C15H21NO. The molecule has 0 heterocycles. The summed E-state index contributed by atoms with van der Waals surface area (Å²) in [5, 5.41) is 0. The van der Waals surface area contributed by atoms with Gasteiger partial charge in [0, 0.05) is 18.5 Å². The molecule has 0 saturated carbocycles. The zero-order chi connectivity index (χ0) is 12.3. The summed E-state index contributed by atoms with van der Waals surface area (Å²) in [5.41, 5.74) is 3.74. The molecule has 0 amide bonds. The van der Waals surface area contributed by atoms with E-state index in [-0.39, 0.29) is 5.78 Å². The fourth-order valence-corrected chi connectivity index (χ4v) is 2.38. The van der Waals surface area contributed by atoms with E-state index in [4.69, 9.17) is 0 Å². The van der Waals surface area contributed by atoms with E-state index in [1.165, 1.54) is 30.4 Å². The molecule has 92 valence electrons. The Kier molecular flexibility index (Phi) is 3.95. The number of ketones is 1. The molecule has 2 rings (SSSR count). The molecule has 0 spiro atoms. The Morgan fingerprint density at radius 2 is 1.88 bits per heavy atom. The van der Waals surface area contributed by atoms with Crippen molar-refractivity contribution in [3.05, 3.63) is 34.9 Å². The lowest BCUT2D eigenvalue weighted by Gasteiger charge is -2.16. The van der Waals surface area contributed by atoms with E-state index in [1.54, 1.807) is 0 Å². The van der Waals surface area contributed by atoms with E-state index in [9.17, 15) is 4.79 Å². The number of hydrogen-bond acceptors (Lipinski definition) is 2. The van der Waals surface area contributed by atoms with Crippen LogP contribution < -0.4 is 0 Å². The smallest absolute Gasteiger partial charge is 0.164 e. The van der Waals surface area contributed by atoms with Crippen molar-refractivity contribution < 1.29 is 4.79 Å². The molecule has 0 aromatic heterocycles. The van der Waals surface area contributed by atoms with Gasteiger partial charge in [-0.15, -0.1) is 0 Å². The van der Waals surface area contributed by atoms with Crippen molar-refractivity contribution in [2.45, 2.75) is 32.1 Å². The predicted molar refractivity (Wildman–Crippen MR) is 70.6 cm³/mol. The first-order chi connectivity index (χ1) is 8.16. The lowest BCUT2D eigenvalue weighted by molar-refractivity contribution is 0.0972. The maximum Gasteiger partial charge on any atom is 0.164 e. The van der Waals surface area contributed by atoms with Crippen LogP contribution in [0.4, 0.5) is 0 Å². The third-order valence-electron chi connectivity index (χ3n) is 3.46. The van der Waals surface area contributed by atoms with Gasteiger partial charge in [-0.25, -0.2) is 0 Å². The third-order valence-corrected chi connectivity index (χ3v) is 3.46. The van der Waals surface area contributed by atoms with Crippen LogP contribution in [-0.4, -0.2) is 31.3 Å². The van der Waals surface area contributed by atoms with Crippen molar-refractivity contribution in [2.24, 2.45) is 0 Å². The number of carbonyl (C=O) groups excluding carboxylic acids is 1. The van der Waals surface area contributed by atoms with Crippen LogP contribution in [0.15, 0.2) is 18.2 Å². The number of benzene rings is 1. The fourth-order valence-electron chi connectivity index (χ4n) is 2.38. The highest BCUT2D eigenvalue weighted by atomic mass is 16.1. The summed E-state index contributed by atoms with van der Waals surface area (Å²) in [5.74, 6) is 0.270. The topological polar surface area (TPSA) is 20.3 Å². The summed E-state index contributed by atoms with van der Waals surface area (Å²) < 4.78 is 0. The minimum absolute atomic E-state index is 0.270. The van der Waals surface area contributed by atoms with Crippen molar-refractivity contribution >= 4 is 5.78 Å². The van der Waals surface area contributed by atoms with Crippen LogP contribution in [0.3, 0.4) is 0 Å². The molecule has 17 heavy (non-hydrogen) atoms. The lowest BCUT2D eigenvalue weighted by Crippen LogP contribution is -2.17. The van der Waals surface area contributed by atoms with Crippen molar-refractivity contribution in [1.82, 2.24) is 4.90 Å². The Bertz CT molecular complexity index is 409. The molecule has 0 fully saturated rings. The van der Waals surface area contributed by atoms with E-state index in [0.717, 1.165) is 18.5 Å². The molecule has 1 aliphatic rings. The van der Waals surface area contributed by atoms with Gasteiger partial charge in [0.05, 0.1) is 0 Å². The molecule has 0 unspecified atom stereocenters. The fraction of sp³-hybridized carbons (Fsp3) is 0.533. The Morgan fingerprint density at radius 1 is 1.18 bits per heavy atom. The SMILES string of the molecule is CN(C)CCC(=O)c1ccc2c(c1)CCCC2. The normalized spacial score (nSPS) is 14.8. The highest BCUT2D eigenvalue weighted by Crippen LogP contribution is 2.22. The second-order valence-corrected chi connectivity index (χ2v) is 5.17. The molecule has 0 saturated heterocycles. The second-order valence-electron chi connectivity index (χ2n) is 5.17. The van der Waals surface area contributed by atoms with Gasteiger partial charge in [-0.2, -0.15) is 0 Å². The van der Waals surface area contributed by atoms with Crippen molar-refractivity contribution in [3.63, 3.8) is 0 Å². The molecule has 1 aromatic rings. The Hall–Kier alpha value is -1.15. The Morgan fingerprint density at radius 3 is 2.59 bits per heavy atom. The molecule has 0 bridgehead atoms. The van der Waals surface area contributed by atoms with Crippen LogP contribution in [0.1, 0.15) is 40.7 Å². The monoisotopic (exact) mass is 231 g/mol. The molecule has 2 heteroatoms.